The number of unbranched alkanes of at least 4 members (excludes halogenated alkanes) is 1. The quantitative estimate of drug-likeness (QED) is 0.372. The fourth-order valence-electron chi connectivity index (χ4n) is 3.67. The van der Waals surface area contributed by atoms with Crippen molar-refractivity contribution in [2.75, 3.05) is 32.7 Å². The van der Waals surface area contributed by atoms with Gasteiger partial charge >= 0.3 is 0 Å². The largest absolute Gasteiger partial charge is 0.357 e. The van der Waals surface area contributed by atoms with Crippen LogP contribution in [0.1, 0.15) is 59.3 Å². The van der Waals surface area contributed by atoms with Gasteiger partial charge in [0.2, 0.25) is 0 Å². The minimum Gasteiger partial charge on any atom is -0.357 e. The molecule has 1 aromatic rings. The molecule has 1 unspecified atom stereocenters. The van der Waals surface area contributed by atoms with E-state index in [-0.39, 0.29) is 0 Å². The van der Waals surface area contributed by atoms with E-state index in [1.807, 2.05) is 4.57 Å². The van der Waals surface area contributed by atoms with E-state index in [1.54, 1.807) is 12.7 Å². The van der Waals surface area contributed by atoms with Crippen LogP contribution in [0.5, 0.6) is 0 Å². The summed E-state index contributed by atoms with van der Waals surface area (Å²) >= 11 is 0. The normalized spacial score (nSPS) is 17.7. The van der Waals surface area contributed by atoms with Gasteiger partial charge in [0.25, 0.3) is 0 Å². The van der Waals surface area contributed by atoms with E-state index in [9.17, 15) is 0 Å². The Morgan fingerprint density at radius 1 is 1.04 bits per heavy atom. The molecule has 0 aliphatic carbocycles. The third-order valence-corrected chi connectivity index (χ3v) is 5.26. The van der Waals surface area contributed by atoms with Crippen molar-refractivity contribution in [3.8, 4) is 0 Å². The Balaban J connectivity index is 1.78. The molecule has 2 heterocycles. The zero-order valence-corrected chi connectivity index (χ0v) is 17.5. The number of aryl methyl sites for hydroxylation is 1. The highest BCUT2D eigenvalue weighted by atomic mass is 15.2. The standard InChI is InChI=1S/C20H39N7/c1-4-21-20(22-11-7-10-12-26-16-24-25-17-26)23-15-19(18(2)3)27-13-8-5-6-9-14-27/h16-19H,4-15H2,1-3H3,(H2,21,22,23). The first-order chi connectivity index (χ1) is 13.2. The summed E-state index contributed by atoms with van der Waals surface area (Å²) in [6.07, 6.45) is 11.2. The molecule has 0 aromatic carbocycles. The molecule has 154 valence electrons. The van der Waals surface area contributed by atoms with Crippen LogP contribution >= 0.6 is 0 Å². The van der Waals surface area contributed by atoms with Crippen molar-refractivity contribution in [3.63, 3.8) is 0 Å². The van der Waals surface area contributed by atoms with Crippen LogP contribution in [0.4, 0.5) is 0 Å². The number of aromatic nitrogens is 3. The van der Waals surface area contributed by atoms with E-state index in [1.165, 1.54) is 38.8 Å². The van der Waals surface area contributed by atoms with Crippen LogP contribution in [-0.2, 0) is 6.54 Å². The molecule has 1 aromatic heterocycles. The van der Waals surface area contributed by atoms with Crippen molar-refractivity contribution in [3.05, 3.63) is 12.7 Å². The molecule has 0 amide bonds. The number of nitrogens with one attached hydrogen (secondary N) is 2. The van der Waals surface area contributed by atoms with Crippen LogP contribution < -0.4 is 10.6 Å². The maximum atomic E-state index is 4.92. The van der Waals surface area contributed by atoms with Crippen LogP contribution in [-0.4, -0.2) is 64.4 Å². The number of aliphatic imine (C=N–C) groups is 1. The second kappa shape index (κ2) is 12.7. The van der Waals surface area contributed by atoms with Gasteiger partial charge in [0, 0.05) is 25.7 Å². The molecule has 7 heteroatoms. The second-order valence-corrected chi connectivity index (χ2v) is 7.81. The lowest BCUT2D eigenvalue weighted by atomic mass is 10.0. The molecule has 1 aliphatic rings. The van der Waals surface area contributed by atoms with Crippen LogP contribution in [0.2, 0.25) is 0 Å². The van der Waals surface area contributed by atoms with Crippen molar-refractivity contribution in [2.24, 2.45) is 10.9 Å². The van der Waals surface area contributed by atoms with Crippen molar-refractivity contribution in [1.82, 2.24) is 30.3 Å². The first kappa shape index (κ1) is 21.7. The van der Waals surface area contributed by atoms with Gasteiger partial charge in [0.1, 0.15) is 12.7 Å². The fourth-order valence-corrected chi connectivity index (χ4v) is 3.67. The summed E-state index contributed by atoms with van der Waals surface area (Å²) in [7, 11) is 0. The fraction of sp³-hybridized carbons (Fsp3) is 0.850. The van der Waals surface area contributed by atoms with Gasteiger partial charge in [0.15, 0.2) is 5.96 Å². The zero-order valence-electron chi connectivity index (χ0n) is 17.5. The van der Waals surface area contributed by atoms with E-state index in [0.29, 0.717) is 12.0 Å². The van der Waals surface area contributed by atoms with Gasteiger partial charge in [-0.3, -0.25) is 9.89 Å². The van der Waals surface area contributed by atoms with Gasteiger partial charge in [-0.15, -0.1) is 10.2 Å². The van der Waals surface area contributed by atoms with Crippen molar-refractivity contribution < 1.29 is 0 Å². The first-order valence-electron chi connectivity index (χ1n) is 10.8. The minimum atomic E-state index is 0.535. The summed E-state index contributed by atoms with van der Waals surface area (Å²) < 4.78 is 2.02. The maximum Gasteiger partial charge on any atom is 0.191 e. The molecule has 0 radical (unpaired) electrons. The molecule has 0 saturated carbocycles. The molecule has 0 spiro atoms. The monoisotopic (exact) mass is 377 g/mol. The van der Waals surface area contributed by atoms with Crippen LogP contribution in [0.15, 0.2) is 17.6 Å². The Morgan fingerprint density at radius 2 is 1.74 bits per heavy atom. The number of likely N-dealkylation sites (tertiary alicyclic amines) is 1. The SMILES string of the molecule is CCNC(=NCC(C(C)C)N1CCCCCC1)NCCCCn1cnnc1. The average Bonchev–Trinajstić information content (AvgIpc) is 3.03. The van der Waals surface area contributed by atoms with Crippen molar-refractivity contribution in [2.45, 2.75) is 71.9 Å². The number of guanidine groups is 1. The molecule has 1 fully saturated rings. The molecular weight excluding hydrogens is 338 g/mol. The topological polar surface area (TPSA) is 70.4 Å². The third-order valence-electron chi connectivity index (χ3n) is 5.26. The molecule has 2 N–H and O–H groups in total. The molecule has 2 rings (SSSR count). The lowest BCUT2D eigenvalue weighted by Crippen LogP contribution is -2.44. The molecular formula is C20H39N7. The van der Waals surface area contributed by atoms with Crippen molar-refractivity contribution >= 4 is 5.96 Å². The maximum absolute atomic E-state index is 4.92. The Hall–Kier alpha value is -1.63. The molecule has 1 aliphatic heterocycles. The highest BCUT2D eigenvalue weighted by molar-refractivity contribution is 5.79. The Kier molecular flexibility index (Phi) is 10.2. The van der Waals surface area contributed by atoms with Gasteiger partial charge in [-0.1, -0.05) is 26.7 Å². The summed E-state index contributed by atoms with van der Waals surface area (Å²) in [6, 6.07) is 0.535. The van der Waals surface area contributed by atoms with Crippen molar-refractivity contribution in [1.29, 1.82) is 0 Å². The summed E-state index contributed by atoms with van der Waals surface area (Å²) in [5.41, 5.74) is 0. The Labute approximate surface area is 165 Å². The molecule has 1 atom stereocenters. The summed E-state index contributed by atoms with van der Waals surface area (Å²) in [5, 5.41) is 14.6. The van der Waals surface area contributed by atoms with Crippen LogP contribution in [0, 0.1) is 5.92 Å². The van der Waals surface area contributed by atoms with Gasteiger partial charge in [-0.2, -0.15) is 0 Å². The van der Waals surface area contributed by atoms with Crippen LogP contribution in [0.3, 0.4) is 0 Å². The molecule has 0 bridgehead atoms. The van der Waals surface area contributed by atoms with E-state index in [2.05, 4.69) is 46.5 Å². The first-order valence-corrected chi connectivity index (χ1v) is 10.8. The van der Waals surface area contributed by atoms with E-state index >= 15 is 0 Å². The Bertz CT molecular complexity index is 504. The zero-order chi connectivity index (χ0) is 19.3. The lowest BCUT2D eigenvalue weighted by Gasteiger charge is -2.32. The van der Waals surface area contributed by atoms with Gasteiger partial charge in [-0.25, -0.2) is 0 Å². The van der Waals surface area contributed by atoms with Gasteiger partial charge < -0.3 is 15.2 Å². The summed E-state index contributed by atoms with van der Waals surface area (Å²) in [4.78, 5) is 7.59. The molecule has 7 nitrogen and oxygen atoms in total. The Morgan fingerprint density at radius 3 is 2.37 bits per heavy atom. The van der Waals surface area contributed by atoms with Gasteiger partial charge in [0.05, 0.1) is 6.54 Å². The third kappa shape index (κ3) is 8.28. The van der Waals surface area contributed by atoms with Crippen LogP contribution in [0.25, 0.3) is 0 Å². The molecule has 27 heavy (non-hydrogen) atoms. The number of nitrogens with zero attached hydrogens (tertiary/aromatic N) is 5. The highest BCUT2D eigenvalue weighted by Crippen LogP contribution is 2.17. The van der Waals surface area contributed by atoms with E-state index in [0.717, 1.165) is 45.0 Å². The predicted molar refractivity (Wildman–Crippen MR) is 112 cm³/mol. The minimum absolute atomic E-state index is 0.535. The van der Waals surface area contributed by atoms with E-state index < -0.39 is 0 Å². The second-order valence-electron chi connectivity index (χ2n) is 7.81. The average molecular weight is 378 g/mol. The highest BCUT2D eigenvalue weighted by Gasteiger charge is 2.22. The van der Waals surface area contributed by atoms with Gasteiger partial charge in [-0.05, 0) is 51.6 Å². The summed E-state index contributed by atoms with van der Waals surface area (Å²) in [5.74, 6) is 1.57. The predicted octanol–water partition coefficient (Wildman–Crippen LogP) is 2.51. The number of hydrogen-bond acceptors (Lipinski definition) is 4. The van der Waals surface area contributed by atoms with E-state index in [4.69, 9.17) is 4.99 Å². The summed E-state index contributed by atoms with van der Waals surface area (Å²) in [6.45, 7) is 12.9. The number of rotatable bonds is 10. The smallest absolute Gasteiger partial charge is 0.191 e. The number of hydrogen-bond donors (Lipinski definition) is 2. The lowest BCUT2D eigenvalue weighted by molar-refractivity contribution is 0.166. The molecule has 1 saturated heterocycles.